The molecule has 0 fully saturated rings. The maximum absolute atomic E-state index is 9.14. The minimum Gasteiger partial charge on any atom is -0.474 e. The summed E-state index contributed by atoms with van der Waals surface area (Å²) in [6.45, 7) is 4.07. The van der Waals surface area contributed by atoms with Crippen LogP contribution < -0.4 is 4.74 Å². The first-order chi connectivity index (χ1) is 8.24. The standard InChI is InChI=1S/C14H18N2O/c1-3-10(2)17-14-12(9-15)8-11-6-4-5-7-13(11)16-14/h8,10H,3-7H2,1-2H3. The molecule has 0 radical (unpaired) electrons. The molecule has 1 aromatic rings. The van der Waals surface area contributed by atoms with E-state index in [9.17, 15) is 0 Å². The molecule has 90 valence electrons. The predicted molar refractivity (Wildman–Crippen MR) is 66.0 cm³/mol. The maximum Gasteiger partial charge on any atom is 0.232 e. The Morgan fingerprint density at radius 3 is 2.94 bits per heavy atom. The number of aryl methyl sites for hydroxylation is 2. The van der Waals surface area contributed by atoms with Crippen LogP contribution in [-0.4, -0.2) is 11.1 Å². The molecule has 0 amide bonds. The lowest BCUT2D eigenvalue weighted by Gasteiger charge is -2.18. The van der Waals surface area contributed by atoms with Gasteiger partial charge in [0.05, 0.1) is 6.10 Å². The van der Waals surface area contributed by atoms with Crippen molar-refractivity contribution < 1.29 is 4.74 Å². The summed E-state index contributed by atoms with van der Waals surface area (Å²) >= 11 is 0. The molecular weight excluding hydrogens is 212 g/mol. The SMILES string of the molecule is CCC(C)Oc1nc2c(cc1C#N)CCCC2. The Labute approximate surface area is 102 Å². The molecule has 0 N–H and O–H groups in total. The normalized spacial score (nSPS) is 15.8. The molecule has 0 saturated heterocycles. The highest BCUT2D eigenvalue weighted by atomic mass is 16.5. The summed E-state index contributed by atoms with van der Waals surface area (Å²) in [5, 5.41) is 9.14. The number of fused-ring (bicyclic) bond motifs is 1. The predicted octanol–water partition coefficient (Wildman–Crippen LogP) is 3.01. The van der Waals surface area contributed by atoms with Gasteiger partial charge in [-0.25, -0.2) is 4.98 Å². The van der Waals surface area contributed by atoms with Crippen LogP contribution in [0.3, 0.4) is 0 Å². The number of nitriles is 1. The van der Waals surface area contributed by atoms with Crippen molar-refractivity contribution >= 4 is 0 Å². The van der Waals surface area contributed by atoms with Gasteiger partial charge < -0.3 is 4.74 Å². The van der Waals surface area contributed by atoms with Crippen molar-refractivity contribution in [2.45, 2.75) is 52.1 Å². The van der Waals surface area contributed by atoms with Crippen LogP contribution in [0.5, 0.6) is 5.88 Å². The zero-order valence-corrected chi connectivity index (χ0v) is 10.5. The lowest BCUT2D eigenvalue weighted by atomic mass is 9.95. The monoisotopic (exact) mass is 230 g/mol. The van der Waals surface area contributed by atoms with Crippen molar-refractivity contribution in [1.29, 1.82) is 5.26 Å². The molecule has 3 heteroatoms. The van der Waals surface area contributed by atoms with E-state index < -0.39 is 0 Å². The Bertz CT molecular complexity index is 448. The smallest absolute Gasteiger partial charge is 0.232 e. The first-order valence-corrected chi connectivity index (χ1v) is 6.34. The van der Waals surface area contributed by atoms with Gasteiger partial charge in [-0.1, -0.05) is 6.92 Å². The van der Waals surface area contributed by atoms with E-state index in [2.05, 4.69) is 18.0 Å². The molecule has 2 rings (SSSR count). The van der Waals surface area contributed by atoms with Crippen LogP contribution in [0.4, 0.5) is 0 Å². The second kappa shape index (κ2) is 5.18. The highest BCUT2D eigenvalue weighted by Crippen LogP contribution is 2.26. The fraction of sp³-hybridized carbons (Fsp3) is 0.571. The minimum atomic E-state index is 0.108. The zero-order chi connectivity index (χ0) is 12.3. The third-order valence-electron chi connectivity index (χ3n) is 3.27. The quantitative estimate of drug-likeness (QED) is 0.801. The van der Waals surface area contributed by atoms with E-state index in [4.69, 9.17) is 10.00 Å². The summed E-state index contributed by atoms with van der Waals surface area (Å²) in [4.78, 5) is 4.53. The summed E-state index contributed by atoms with van der Waals surface area (Å²) in [5.74, 6) is 0.516. The van der Waals surface area contributed by atoms with E-state index in [0.29, 0.717) is 11.4 Å². The van der Waals surface area contributed by atoms with Crippen LogP contribution in [0, 0.1) is 11.3 Å². The molecule has 0 spiro atoms. The number of rotatable bonds is 3. The van der Waals surface area contributed by atoms with Crippen molar-refractivity contribution in [1.82, 2.24) is 4.98 Å². The largest absolute Gasteiger partial charge is 0.474 e. The molecular formula is C14H18N2O. The summed E-state index contributed by atoms with van der Waals surface area (Å²) in [7, 11) is 0. The van der Waals surface area contributed by atoms with E-state index in [0.717, 1.165) is 25.0 Å². The average Bonchev–Trinajstić information content (AvgIpc) is 2.37. The van der Waals surface area contributed by atoms with Gasteiger partial charge >= 0.3 is 0 Å². The van der Waals surface area contributed by atoms with Crippen molar-refractivity contribution in [2.24, 2.45) is 0 Å². The van der Waals surface area contributed by atoms with Crippen LogP contribution in [0.25, 0.3) is 0 Å². The summed E-state index contributed by atoms with van der Waals surface area (Å²) in [6.07, 6.45) is 5.47. The topological polar surface area (TPSA) is 45.9 Å². The van der Waals surface area contributed by atoms with Crippen molar-refractivity contribution in [3.8, 4) is 11.9 Å². The van der Waals surface area contributed by atoms with E-state index in [1.54, 1.807) is 0 Å². The summed E-state index contributed by atoms with van der Waals surface area (Å²) in [5.41, 5.74) is 2.92. The van der Waals surface area contributed by atoms with Gasteiger partial charge in [-0.15, -0.1) is 0 Å². The number of hydrogen-bond donors (Lipinski definition) is 0. The number of nitrogens with zero attached hydrogens (tertiary/aromatic N) is 2. The molecule has 0 bridgehead atoms. The lowest BCUT2D eigenvalue weighted by Crippen LogP contribution is -2.14. The fourth-order valence-electron chi connectivity index (χ4n) is 2.06. The molecule has 1 aromatic heterocycles. The van der Waals surface area contributed by atoms with Crippen molar-refractivity contribution in [2.75, 3.05) is 0 Å². The van der Waals surface area contributed by atoms with E-state index >= 15 is 0 Å². The van der Waals surface area contributed by atoms with Gasteiger partial charge in [0, 0.05) is 5.69 Å². The molecule has 1 atom stereocenters. The molecule has 1 aliphatic rings. The molecule has 0 saturated carbocycles. The molecule has 1 aliphatic carbocycles. The average molecular weight is 230 g/mol. The number of hydrogen-bond acceptors (Lipinski definition) is 3. The van der Waals surface area contributed by atoms with Gasteiger partial charge in [0.15, 0.2) is 0 Å². The van der Waals surface area contributed by atoms with Gasteiger partial charge in [-0.2, -0.15) is 5.26 Å². The molecule has 3 nitrogen and oxygen atoms in total. The Balaban J connectivity index is 2.34. The molecule has 0 aliphatic heterocycles. The Kier molecular flexibility index (Phi) is 3.63. The number of aromatic nitrogens is 1. The zero-order valence-electron chi connectivity index (χ0n) is 10.5. The fourth-order valence-corrected chi connectivity index (χ4v) is 2.06. The van der Waals surface area contributed by atoms with Gasteiger partial charge in [-0.3, -0.25) is 0 Å². The van der Waals surface area contributed by atoms with E-state index in [-0.39, 0.29) is 6.10 Å². The number of ether oxygens (including phenoxy) is 1. The third-order valence-corrected chi connectivity index (χ3v) is 3.27. The highest BCUT2D eigenvalue weighted by Gasteiger charge is 2.16. The second-order valence-corrected chi connectivity index (χ2v) is 4.60. The molecule has 1 heterocycles. The highest BCUT2D eigenvalue weighted by molar-refractivity contribution is 5.43. The van der Waals surface area contributed by atoms with Crippen molar-refractivity contribution in [3.05, 3.63) is 22.9 Å². The van der Waals surface area contributed by atoms with Crippen LogP contribution in [-0.2, 0) is 12.8 Å². The lowest BCUT2D eigenvalue weighted by molar-refractivity contribution is 0.207. The molecule has 17 heavy (non-hydrogen) atoms. The molecule has 1 unspecified atom stereocenters. The van der Waals surface area contributed by atoms with Crippen molar-refractivity contribution in [3.63, 3.8) is 0 Å². The van der Waals surface area contributed by atoms with Crippen LogP contribution in [0.2, 0.25) is 0 Å². The van der Waals surface area contributed by atoms with Gasteiger partial charge in [0.25, 0.3) is 0 Å². The van der Waals surface area contributed by atoms with Gasteiger partial charge in [-0.05, 0) is 50.7 Å². The third kappa shape index (κ3) is 2.58. The second-order valence-electron chi connectivity index (χ2n) is 4.60. The number of pyridine rings is 1. The Hall–Kier alpha value is -1.56. The first-order valence-electron chi connectivity index (χ1n) is 6.34. The van der Waals surface area contributed by atoms with E-state index in [1.165, 1.54) is 18.4 Å². The summed E-state index contributed by atoms with van der Waals surface area (Å²) < 4.78 is 5.72. The van der Waals surface area contributed by atoms with E-state index in [1.807, 2.05) is 13.0 Å². The summed E-state index contributed by atoms with van der Waals surface area (Å²) in [6, 6.07) is 4.15. The molecule has 0 aromatic carbocycles. The van der Waals surface area contributed by atoms with Gasteiger partial charge in [0.1, 0.15) is 11.6 Å². The van der Waals surface area contributed by atoms with Gasteiger partial charge in [0.2, 0.25) is 5.88 Å². The van der Waals surface area contributed by atoms with Crippen LogP contribution in [0.15, 0.2) is 6.07 Å². The van der Waals surface area contributed by atoms with Crippen LogP contribution >= 0.6 is 0 Å². The first kappa shape index (κ1) is 11.9. The minimum absolute atomic E-state index is 0.108. The Morgan fingerprint density at radius 2 is 2.24 bits per heavy atom. The van der Waals surface area contributed by atoms with Crippen LogP contribution in [0.1, 0.15) is 49.9 Å². The Morgan fingerprint density at radius 1 is 1.47 bits per heavy atom. The maximum atomic E-state index is 9.14.